The molecule has 1 fully saturated rings. The van der Waals surface area contributed by atoms with E-state index in [9.17, 15) is 22.4 Å². The largest absolute Gasteiger partial charge is 0.416 e. The van der Waals surface area contributed by atoms with Crippen LogP contribution in [0.5, 0.6) is 0 Å². The summed E-state index contributed by atoms with van der Waals surface area (Å²) in [4.78, 5) is 19.4. The van der Waals surface area contributed by atoms with Gasteiger partial charge in [0.05, 0.1) is 5.56 Å². The summed E-state index contributed by atoms with van der Waals surface area (Å²) in [6.45, 7) is 1.66. The fourth-order valence-corrected chi connectivity index (χ4v) is 3.87. The molecule has 1 saturated heterocycles. The van der Waals surface area contributed by atoms with Crippen LogP contribution in [0.3, 0.4) is 0 Å². The van der Waals surface area contributed by atoms with E-state index in [0.717, 1.165) is 17.0 Å². The molecule has 0 atom stereocenters. The highest BCUT2D eigenvalue weighted by molar-refractivity contribution is 6.31. The van der Waals surface area contributed by atoms with Crippen molar-refractivity contribution in [2.24, 2.45) is 0 Å². The average molecular weight is 440 g/mol. The van der Waals surface area contributed by atoms with E-state index in [0.29, 0.717) is 43.0 Å². The minimum absolute atomic E-state index is 0.0242. The summed E-state index contributed by atoms with van der Waals surface area (Å²) in [5.41, 5.74) is 0.310. The molecule has 1 aliphatic rings. The molecule has 0 radical (unpaired) electrons. The molecular weight excluding hydrogens is 422 g/mol. The second-order valence-corrected chi connectivity index (χ2v) is 7.72. The van der Waals surface area contributed by atoms with Gasteiger partial charge in [-0.3, -0.25) is 9.69 Å². The van der Waals surface area contributed by atoms with Crippen LogP contribution in [-0.4, -0.2) is 46.9 Å². The van der Waals surface area contributed by atoms with E-state index in [1.54, 1.807) is 29.2 Å². The van der Waals surface area contributed by atoms with Crippen molar-refractivity contribution in [1.29, 1.82) is 0 Å². The van der Waals surface area contributed by atoms with Crippen molar-refractivity contribution in [2.75, 3.05) is 26.2 Å². The number of nitrogens with zero attached hydrogens (tertiary/aromatic N) is 2. The number of hydrogen-bond donors (Lipinski definition) is 1. The SMILES string of the molecule is O=C(c1cc2cc(Cl)ccc2[nH]1)N1CCN(Cc2ccc(F)cc2C(F)(F)F)CC1. The van der Waals surface area contributed by atoms with Crippen LogP contribution >= 0.6 is 11.6 Å². The molecule has 0 saturated carbocycles. The Bertz CT molecular complexity index is 1090. The number of aromatic amines is 1. The number of benzene rings is 2. The van der Waals surface area contributed by atoms with Crippen LogP contribution in [0.4, 0.5) is 17.6 Å². The number of piperazine rings is 1. The van der Waals surface area contributed by atoms with Crippen LogP contribution in [0.25, 0.3) is 10.9 Å². The number of hydrogen-bond acceptors (Lipinski definition) is 2. The molecule has 1 N–H and O–H groups in total. The van der Waals surface area contributed by atoms with Gasteiger partial charge in [-0.25, -0.2) is 4.39 Å². The Balaban J connectivity index is 1.42. The molecule has 1 aliphatic heterocycles. The average Bonchev–Trinajstić information content (AvgIpc) is 3.12. The van der Waals surface area contributed by atoms with Gasteiger partial charge < -0.3 is 9.88 Å². The smallest absolute Gasteiger partial charge is 0.351 e. The fourth-order valence-electron chi connectivity index (χ4n) is 3.69. The molecule has 3 aromatic rings. The second kappa shape index (κ2) is 7.92. The van der Waals surface area contributed by atoms with Crippen LogP contribution < -0.4 is 0 Å². The zero-order valence-electron chi connectivity index (χ0n) is 15.8. The van der Waals surface area contributed by atoms with Gasteiger partial charge in [-0.2, -0.15) is 13.2 Å². The van der Waals surface area contributed by atoms with Crippen LogP contribution in [0, 0.1) is 5.82 Å². The highest BCUT2D eigenvalue weighted by atomic mass is 35.5. The van der Waals surface area contributed by atoms with Gasteiger partial charge in [0.1, 0.15) is 11.5 Å². The number of fused-ring (bicyclic) bond motifs is 1. The lowest BCUT2D eigenvalue weighted by Gasteiger charge is -2.35. The molecule has 2 heterocycles. The molecule has 30 heavy (non-hydrogen) atoms. The zero-order chi connectivity index (χ0) is 21.5. The van der Waals surface area contributed by atoms with Gasteiger partial charge in [0.25, 0.3) is 5.91 Å². The number of rotatable bonds is 3. The van der Waals surface area contributed by atoms with Crippen LogP contribution in [0.2, 0.25) is 5.02 Å². The van der Waals surface area contributed by atoms with Crippen molar-refractivity contribution >= 4 is 28.4 Å². The lowest BCUT2D eigenvalue weighted by Crippen LogP contribution is -2.48. The third kappa shape index (κ3) is 4.29. The summed E-state index contributed by atoms with van der Waals surface area (Å²) in [5.74, 6) is -1.08. The van der Waals surface area contributed by atoms with E-state index < -0.39 is 17.6 Å². The maximum absolute atomic E-state index is 13.3. The van der Waals surface area contributed by atoms with Crippen molar-refractivity contribution < 1.29 is 22.4 Å². The fraction of sp³-hybridized carbons (Fsp3) is 0.286. The lowest BCUT2D eigenvalue weighted by molar-refractivity contribution is -0.138. The van der Waals surface area contributed by atoms with Gasteiger partial charge in [-0.1, -0.05) is 17.7 Å². The maximum Gasteiger partial charge on any atom is 0.416 e. The predicted octanol–water partition coefficient (Wildman–Crippen LogP) is 4.94. The molecule has 158 valence electrons. The van der Waals surface area contributed by atoms with Crippen molar-refractivity contribution in [3.8, 4) is 0 Å². The number of carbonyl (C=O) groups is 1. The molecule has 4 nitrogen and oxygen atoms in total. The molecule has 4 rings (SSSR count). The van der Waals surface area contributed by atoms with Crippen molar-refractivity contribution in [1.82, 2.24) is 14.8 Å². The van der Waals surface area contributed by atoms with E-state index in [1.807, 2.05) is 4.90 Å². The van der Waals surface area contributed by atoms with E-state index in [1.165, 1.54) is 6.07 Å². The third-order valence-corrected chi connectivity index (χ3v) is 5.48. The minimum atomic E-state index is -4.62. The Hall–Kier alpha value is -2.58. The number of aromatic nitrogens is 1. The monoisotopic (exact) mass is 439 g/mol. The molecular formula is C21H18ClF4N3O. The van der Waals surface area contributed by atoms with E-state index in [-0.39, 0.29) is 18.0 Å². The highest BCUT2D eigenvalue weighted by Crippen LogP contribution is 2.33. The molecule has 0 aliphatic carbocycles. The zero-order valence-corrected chi connectivity index (χ0v) is 16.5. The van der Waals surface area contributed by atoms with Crippen molar-refractivity contribution in [3.63, 3.8) is 0 Å². The summed E-state index contributed by atoms with van der Waals surface area (Å²) < 4.78 is 52.9. The first-order valence-electron chi connectivity index (χ1n) is 9.36. The first kappa shape index (κ1) is 20.7. The summed E-state index contributed by atoms with van der Waals surface area (Å²) in [7, 11) is 0. The van der Waals surface area contributed by atoms with E-state index in [2.05, 4.69) is 4.98 Å². The quantitative estimate of drug-likeness (QED) is 0.587. The second-order valence-electron chi connectivity index (χ2n) is 7.28. The molecule has 9 heteroatoms. The van der Waals surface area contributed by atoms with Crippen LogP contribution in [-0.2, 0) is 12.7 Å². The Morgan fingerprint density at radius 3 is 2.47 bits per heavy atom. The van der Waals surface area contributed by atoms with Gasteiger partial charge in [-0.15, -0.1) is 0 Å². The molecule has 2 aromatic carbocycles. The Morgan fingerprint density at radius 2 is 1.77 bits per heavy atom. The van der Waals surface area contributed by atoms with Crippen LogP contribution in [0.1, 0.15) is 21.6 Å². The number of halogens is 5. The van der Waals surface area contributed by atoms with Gasteiger partial charge in [-0.05, 0) is 42.0 Å². The van der Waals surface area contributed by atoms with Gasteiger partial charge in [0, 0.05) is 48.6 Å². The molecule has 0 bridgehead atoms. The number of alkyl halides is 3. The first-order chi connectivity index (χ1) is 14.2. The van der Waals surface area contributed by atoms with Gasteiger partial charge in [0.15, 0.2) is 0 Å². The number of amides is 1. The summed E-state index contributed by atoms with van der Waals surface area (Å²) in [6, 6.07) is 9.77. The van der Waals surface area contributed by atoms with E-state index >= 15 is 0 Å². The van der Waals surface area contributed by atoms with Crippen molar-refractivity contribution in [3.05, 3.63) is 70.1 Å². The normalized spacial score (nSPS) is 15.7. The molecule has 0 spiro atoms. The number of H-pyrrole nitrogens is 1. The maximum atomic E-state index is 13.3. The third-order valence-electron chi connectivity index (χ3n) is 5.24. The lowest BCUT2D eigenvalue weighted by atomic mass is 10.1. The summed E-state index contributed by atoms with van der Waals surface area (Å²) in [6.07, 6.45) is -4.62. The predicted molar refractivity (Wildman–Crippen MR) is 106 cm³/mol. The molecule has 0 unspecified atom stereocenters. The first-order valence-corrected chi connectivity index (χ1v) is 9.74. The Morgan fingerprint density at radius 1 is 1.03 bits per heavy atom. The van der Waals surface area contributed by atoms with Gasteiger partial charge in [0.2, 0.25) is 0 Å². The van der Waals surface area contributed by atoms with Gasteiger partial charge >= 0.3 is 6.18 Å². The number of nitrogens with one attached hydrogen (secondary N) is 1. The summed E-state index contributed by atoms with van der Waals surface area (Å²) in [5, 5.41) is 1.41. The topological polar surface area (TPSA) is 39.3 Å². The van der Waals surface area contributed by atoms with E-state index in [4.69, 9.17) is 11.6 Å². The standard InChI is InChI=1S/C21H18ClF4N3O/c22-15-2-4-18-14(9-15)10-19(27-18)20(30)29-7-5-28(6-8-29)12-13-1-3-16(23)11-17(13)21(24,25)26/h1-4,9-11,27H,5-8,12H2. The summed E-state index contributed by atoms with van der Waals surface area (Å²) >= 11 is 5.98. The van der Waals surface area contributed by atoms with Crippen molar-refractivity contribution in [2.45, 2.75) is 12.7 Å². The molecule has 1 aromatic heterocycles. The minimum Gasteiger partial charge on any atom is -0.351 e. The van der Waals surface area contributed by atoms with Crippen LogP contribution in [0.15, 0.2) is 42.5 Å². The highest BCUT2D eigenvalue weighted by Gasteiger charge is 2.34. The number of carbonyl (C=O) groups excluding carboxylic acids is 1. The Labute approximate surface area is 175 Å². The molecule has 1 amide bonds. The Kier molecular flexibility index (Phi) is 5.46.